The lowest BCUT2D eigenvalue weighted by atomic mass is 9.77. The van der Waals surface area contributed by atoms with Crippen molar-refractivity contribution in [3.63, 3.8) is 0 Å². The molecule has 0 saturated carbocycles. The topological polar surface area (TPSA) is 37.4 Å². The predicted molar refractivity (Wildman–Crippen MR) is 357 cm³/mol. The molecule has 2 amide bonds. The van der Waals surface area contributed by atoms with Crippen LogP contribution in [0.4, 0.5) is 13.2 Å². The van der Waals surface area contributed by atoms with Gasteiger partial charge in [0.25, 0.3) is 11.8 Å². The molecular weight excluding hydrogens is 1150 g/mol. The molecule has 10 rings (SSSR count). The van der Waals surface area contributed by atoms with Crippen LogP contribution in [0.1, 0.15) is 220 Å². The van der Waals surface area contributed by atoms with Crippen LogP contribution < -0.4 is 0 Å². The Bertz CT molecular complexity index is 3620. The fourth-order valence-electron chi connectivity index (χ4n) is 12.5. The molecule has 83 heavy (non-hydrogen) atoms. The van der Waals surface area contributed by atoms with Gasteiger partial charge in [0.15, 0.2) is 0 Å². The maximum absolute atomic E-state index is 15.0. The number of alkyl halides is 3. The molecule has 1 aliphatic rings. The fourth-order valence-corrected chi connectivity index (χ4v) is 20.8. The largest absolute Gasteiger partial charge is 0.416 e. The highest BCUT2D eigenvalue weighted by Gasteiger charge is 2.44. The summed E-state index contributed by atoms with van der Waals surface area (Å²) in [5.74, 6) is 0.897. The quantitative estimate of drug-likeness (QED) is 0.0380. The van der Waals surface area contributed by atoms with Gasteiger partial charge in [-0.1, -0.05) is 188 Å². The summed E-state index contributed by atoms with van der Waals surface area (Å²) in [6.07, 6.45) is 14.4. The number of carbonyl (C=O) groups excluding carboxylic acids is 2. The van der Waals surface area contributed by atoms with Gasteiger partial charge in [0, 0.05) is 88.2 Å². The first kappa shape index (κ1) is 61.7. The second-order valence-corrected chi connectivity index (χ2v) is 30.8. The molecule has 0 spiro atoms. The Hall–Kier alpha value is -4.43. The molecule has 9 aromatic rings. The normalized spacial score (nSPS) is 14.7. The first-order chi connectivity index (χ1) is 39.9. The number of benzene rings is 3. The molecule has 0 aliphatic carbocycles. The Morgan fingerprint density at radius 3 is 1.61 bits per heavy atom. The van der Waals surface area contributed by atoms with Crippen LogP contribution in [0.5, 0.6) is 0 Å². The molecule has 3 nitrogen and oxygen atoms in total. The van der Waals surface area contributed by atoms with Gasteiger partial charge in [-0.15, -0.1) is 68.0 Å². The lowest BCUT2D eigenvalue weighted by Crippen LogP contribution is -2.31. The summed E-state index contributed by atoms with van der Waals surface area (Å²) in [4.78, 5) is 41.5. The zero-order chi connectivity index (χ0) is 59.0. The van der Waals surface area contributed by atoms with E-state index in [2.05, 4.69) is 130 Å². The van der Waals surface area contributed by atoms with E-state index < -0.39 is 22.6 Å². The summed E-state index contributed by atoms with van der Waals surface area (Å²) in [6.45, 7) is 22.8. The van der Waals surface area contributed by atoms with Crippen molar-refractivity contribution in [3.8, 4) is 30.6 Å². The monoisotopic (exact) mass is 1230 g/mol. The Morgan fingerprint density at radius 1 is 0.506 bits per heavy atom. The molecule has 3 unspecified atom stereocenters. The molecule has 6 aromatic heterocycles. The summed E-state index contributed by atoms with van der Waals surface area (Å²) < 4.78 is 45.4. The van der Waals surface area contributed by atoms with Gasteiger partial charge in [-0.05, 0) is 104 Å². The summed E-state index contributed by atoms with van der Waals surface area (Å²) in [6, 6.07) is 28.8. The van der Waals surface area contributed by atoms with E-state index in [4.69, 9.17) is 0 Å². The van der Waals surface area contributed by atoms with Crippen LogP contribution in [0, 0.1) is 18.8 Å². The summed E-state index contributed by atoms with van der Waals surface area (Å²) in [5, 5.41) is 3.30. The maximum atomic E-state index is 15.0. The third-order valence-corrected chi connectivity index (χ3v) is 26.0. The standard InChI is InChI=1S/C71H82F3NO2S6/c1-11-17-20-21-22-23-38-75-67(76)60-59-64(82-65(60)68(75)77)63(83-66(59)70(10,16-6)47-28-26-43(7)27-29-47)55-41-51-57(53-36-34-49(78-53)39-44(14-4)24-18-12-2)62-52(42-56(81-62)69(8,9)46-30-32-48(33-31-46)71(72,73)74)58(61(51)80-55)54-37-35-50(79-54)40-45(15-5)25-19-13-3/h26-37,41-42,44-45H,11-25,38-40H2,1-10H3. The lowest BCUT2D eigenvalue weighted by molar-refractivity contribution is -0.137. The molecule has 440 valence electrons. The highest BCUT2D eigenvalue weighted by atomic mass is 32.1. The number of halogens is 3. The van der Waals surface area contributed by atoms with Crippen LogP contribution in [0.2, 0.25) is 0 Å². The summed E-state index contributed by atoms with van der Waals surface area (Å²) in [5.41, 5.74) is 4.52. The zero-order valence-corrected chi connectivity index (χ0v) is 55.2. The number of unbranched alkanes of at least 4 members (excludes halogenated alkanes) is 7. The molecule has 0 radical (unpaired) electrons. The molecule has 12 heteroatoms. The predicted octanol–water partition coefficient (Wildman–Crippen LogP) is 24.4. The Labute approximate surface area is 515 Å². The van der Waals surface area contributed by atoms with Crippen molar-refractivity contribution in [3.05, 3.63) is 137 Å². The van der Waals surface area contributed by atoms with Crippen molar-refractivity contribution in [1.82, 2.24) is 4.90 Å². The van der Waals surface area contributed by atoms with Gasteiger partial charge in [-0.25, -0.2) is 0 Å². The number of thiophene rings is 6. The molecule has 3 aromatic carbocycles. The van der Waals surface area contributed by atoms with Gasteiger partial charge in [-0.3, -0.25) is 14.5 Å². The molecule has 0 fully saturated rings. The first-order valence-electron chi connectivity index (χ1n) is 30.8. The number of nitrogens with zero attached hydrogens (tertiary/aromatic N) is 1. The Morgan fingerprint density at radius 2 is 1.05 bits per heavy atom. The Kier molecular flexibility index (Phi) is 19.2. The molecule has 3 atom stereocenters. The van der Waals surface area contributed by atoms with Gasteiger partial charge in [0.2, 0.25) is 0 Å². The van der Waals surface area contributed by atoms with Crippen molar-refractivity contribution in [2.24, 2.45) is 11.8 Å². The molecule has 0 N–H and O–H groups in total. The highest BCUT2D eigenvalue weighted by molar-refractivity contribution is 7.32. The molecular formula is C71H82F3NO2S6. The van der Waals surface area contributed by atoms with Crippen LogP contribution in [-0.2, 0) is 29.8 Å². The lowest BCUT2D eigenvalue weighted by Gasteiger charge is -2.29. The number of amides is 2. The van der Waals surface area contributed by atoms with E-state index in [1.54, 1.807) is 23.5 Å². The second-order valence-electron chi connectivity index (χ2n) is 24.3. The zero-order valence-electron chi connectivity index (χ0n) is 50.3. The second kappa shape index (κ2) is 25.9. The third kappa shape index (κ3) is 12.2. The third-order valence-electron chi connectivity index (χ3n) is 18.2. The van der Waals surface area contributed by atoms with Crippen molar-refractivity contribution >= 4 is 110 Å². The minimum absolute atomic E-state index is 0.157. The van der Waals surface area contributed by atoms with Crippen LogP contribution in [0.25, 0.3) is 60.9 Å². The summed E-state index contributed by atoms with van der Waals surface area (Å²) in [7, 11) is 0. The molecule has 0 saturated heterocycles. The number of imide groups is 1. The van der Waals surface area contributed by atoms with E-state index in [1.165, 1.54) is 148 Å². The molecule has 7 heterocycles. The van der Waals surface area contributed by atoms with Crippen molar-refractivity contribution in [2.75, 3.05) is 6.54 Å². The fraction of sp³-hybridized carbons (Fsp3) is 0.465. The van der Waals surface area contributed by atoms with Crippen LogP contribution >= 0.6 is 68.0 Å². The first-order valence-corrected chi connectivity index (χ1v) is 35.7. The summed E-state index contributed by atoms with van der Waals surface area (Å²) >= 11 is 10.8. The molecule has 0 bridgehead atoms. The van der Waals surface area contributed by atoms with Gasteiger partial charge in [0.1, 0.15) is 4.88 Å². The van der Waals surface area contributed by atoms with Gasteiger partial charge in [-0.2, -0.15) is 13.2 Å². The van der Waals surface area contributed by atoms with Gasteiger partial charge in [0.05, 0.1) is 20.7 Å². The number of hydrogen-bond acceptors (Lipinski definition) is 8. The minimum atomic E-state index is -4.42. The van der Waals surface area contributed by atoms with E-state index >= 15 is 0 Å². The van der Waals surface area contributed by atoms with Gasteiger partial charge < -0.3 is 0 Å². The number of carbonyl (C=O) groups is 2. The Balaban J connectivity index is 1.22. The van der Waals surface area contributed by atoms with E-state index in [0.717, 1.165) is 86.5 Å². The average molecular weight is 1230 g/mol. The number of hydrogen-bond donors (Lipinski definition) is 0. The van der Waals surface area contributed by atoms with E-state index in [9.17, 15) is 22.8 Å². The smallest absolute Gasteiger partial charge is 0.274 e. The van der Waals surface area contributed by atoms with E-state index in [-0.39, 0.29) is 11.8 Å². The maximum Gasteiger partial charge on any atom is 0.416 e. The van der Waals surface area contributed by atoms with Gasteiger partial charge >= 0.3 is 6.18 Å². The average Bonchev–Trinajstić information content (AvgIpc) is 2.03. The van der Waals surface area contributed by atoms with Crippen molar-refractivity contribution < 1.29 is 22.8 Å². The van der Waals surface area contributed by atoms with E-state index in [1.807, 2.05) is 45.3 Å². The van der Waals surface area contributed by atoms with Crippen LogP contribution in [-0.4, -0.2) is 23.3 Å². The molecule has 1 aliphatic heterocycles. The number of rotatable bonds is 27. The highest BCUT2D eigenvalue weighted by Crippen LogP contribution is 2.59. The van der Waals surface area contributed by atoms with Crippen LogP contribution in [0.15, 0.2) is 84.9 Å². The van der Waals surface area contributed by atoms with Crippen molar-refractivity contribution in [1.29, 1.82) is 0 Å². The number of fused-ring (bicyclic) bond motifs is 5. The van der Waals surface area contributed by atoms with Crippen LogP contribution in [0.3, 0.4) is 0 Å². The SMILES string of the molecule is CCCCCCCCN1C(=O)c2sc3c(-c4cc5c(-c6ccc(CC(CC)CCCC)s6)c6sc(C(C)(C)c7ccc(C(F)(F)F)cc7)cc6c(-c6ccc(CC(CC)CCCC)s6)c5s4)sc(C(C)(CC)c4ccc(C)cc4)c3c2C1=O. The minimum Gasteiger partial charge on any atom is -0.274 e. The number of aryl methyl sites for hydroxylation is 1. The van der Waals surface area contributed by atoms with E-state index in [0.29, 0.717) is 28.8 Å². The van der Waals surface area contributed by atoms with Crippen molar-refractivity contribution in [2.45, 2.75) is 195 Å².